The Labute approximate surface area is 211 Å². The minimum atomic E-state index is -1.95. The molecule has 5 atom stereocenters. The summed E-state index contributed by atoms with van der Waals surface area (Å²) in [5.74, 6) is -1.18. The van der Waals surface area contributed by atoms with Crippen molar-refractivity contribution in [1.82, 2.24) is 0 Å². The van der Waals surface area contributed by atoms with E-state index in [9.17, 15) is 15.8 Å². The normalized spacial score (nSPS) is 31.7. The minimum Gasteiger partial charge on any atom is -0.489 e. The third-order valence-electron chi connectivity index (χ3n) is 8.12. The highest BCUT2D eigenvalue weighted by molar-refractivity contribution is 5.89. The highest BCUT2D eigenvalue weighted by atomic mass is 16.7. The van der Waals surface area contributed by atoms with E-state index in [1.54, 1.807) is 24.3 Å². The van der Waals surface area contributed by atoms with E-state index in [0.717, 1.165) is 24.8 Å². The Hall–Kier alpha value is -3.86. The van der Waals surface area contributed by atoms with Crippen LogP contribution in [0.3, 0.4) is 0 Å². The lowest BCUT2D eigenvalue weighted by Gasteiger charge is -2.52. The van der Waals surface area contributed by atoms with E-state index in [4.69, 9.17) is 19.6 Å². The van der Waals surface area contributed by atoms with Crippen LogP contribution >= 0.6 is 0 Å². The Morgan fingerprint density at radius 3 is 2.53 bits per heavy atom. The molecule has 2 aliphatic heterocycles. The van der Waals surface area contributed by atoms with Crippen LogP contribution in [0.15, 0.2) is 54.6 Å². The summed E-state index contributed by atoms with van der Waals surface area (Å²) in [7, 11) is 0. The molecule has 2 heterocycles. The first kappa shape index (κ1) is 23.9. The molecule has 5 unspecified atom stereocenters. The number of hydrogen-bond donors (Lipinski definition) is 1. The molecule has 3 aliphatic rings. The predicted molar refractivity (Wildman–Crippen MR) is 130 cm³/mol. The summed E-state index contributed by atoms with van der Waals surface area (Å²) in [6.07, 6.45) is 2.86. The second-order valence-electron chi connectivity index (χ2n) is 10.0. The fourth-order valence-electron chi connectivity index (χ4n) is 6.40. The van der Waals surface area contributed by atoms with Gasteiger partial charge in [-0.05, 0) is 42.0 Å². The molecular weight excluding hydrogens is 452 g/mol. The standard InChI is InChI=1S/C29H28N4O3/c1-2-7-20-12-13-29-24(14-20)28(19-32,26(33)36-29)27(17-30,18-31)25(35-29)22-10-6-11-23(15-22)34-16-21-8-4-3-5-9-21/h3-6,8-11,15,20,24-25,33H,2,7,12-14,16H2,1H3. The highest BCUT2D eigenvalue weighted by Crippen LogP contribution is 2.70. The van der Waals surface area contributed by atoms with Crippen LogP contribution in [0.25, 0.3) is 0 Å². The summed E-state index contributed by atoms with van der Waals surface area (Å²) in [5.41, 5.74) is -2.10. The highest BCUT2D eigenvalue weighted by Gasteiger charge is 2.80. The molecule has 182 valence electrons. The van der Waals surface area contributed by atoms with Crippen LogP contribution in [0.4, 0.5) is 0 Å². The fourth-order valence-corrected chi connectivity index (χ4v) is 6.40. The van der Waals surface area contributed by atoms with Crippen LogP contribution in [-0.4, -0.2) is 11.7 Å². The van der Waals surface area contributed by atoms with Crippen LogP contribution in [0, 0.1) is 62.1 Å². The third-order valence-corrected chi connectivity index (χ3v) is 8.12. The first-order valence-corrected chi connectivity index (χ1v) is 12.4. The minimum absolute atomic E-state index is 0.325. The van der Waals surface area contributed by atoms with Crippen LogP contribution in [0.5, 0.6) is 5.75 Å². The summed E-state index contributed by atoms with van der Waals surface area (Å²) in [6.45, 7) is 2.48. The average Bonchev–Trinajstić information content (AvgIpc) is 3.11. The molecule has 2 aromatic rings. The van der Waals surface area contributed by atoms with Gasteiger partial charge >= 0.3 is 0 Å². The lowest BCUT2D eigenvalue weighted by atomic mass is 9.50. The molecular formula is C29H28N4O3. The molecule has 0 spiro atoms. The molecule has 36 heavy (non-hydrogen) atoms. The SMILES string of the molecule is CCCC1CCC23OC(=N)C(C#N)(C2C1)C(C#N)(C#N)C(c1cccc(OCc2ccccc2)c1)O3. The van der Waals surface area contributed by atoms with Crippen LogP contribution in [0.1, 0.15) is 56.3 Å². The largest absolute Gasteiger partial charge is 0.489 e. The zero-order chi connectivity index (χ0) is 25.4. The van der Waals surface area contributed by atoms with Crippen molar-refractivity contribution < 1.29 is 14.2 Å². The van der Waals surface area contributed by atoms with Gasteiger partial charge in [0.15, 0.2) is 5.41 Å². The molecule has 2 saturated heterocycles. The lowest BCUT2D eigenvalue weighted by molar-refractivity contribution is -0.299. The van der Waals surface area contributed by atoms with E-state index >= 15 is 0 Å². The van der Waals surface area contributed by atoms with Crippen molar-refractivity contribution in [2.45, 2.75) is 57.5 Å². The van der Waals surface area contributed by atoms with Gasteiger partial charge in [-0.25, -0.2) is 0 Å². The maximum Gasteiger partial charge on any atom is 0.217 e. The molecule has 0 amide bonds. The molecule has 0 radical (unpaired) electrons. The molecule has 5 rings (SSSR count). The summed E-state index contributed by atoms with van der Waals surface area (Å²) in [5, 5.41) is 40.3. The van der Waals surface area contributed by atoms with Crippen molar-refractivity contribution in [3.63, 3.8) is 0 Å². The second-order valence-corrected chi connectivity index (χ2v) is 10.0. The van der Waals surface area contributed by atoms with Gasteiger partial charge in [0.2, 0.25) is 17.1 Å². The zero-order valence-electron chi connectivity index (χ0n) is 20.2. The average molecular weight is 481 g/mol. The van der Waals surface area contributed by atoms with E-state index in [0.29, 0.717) is 36.7 Å². The van der Waals surface area contributed by atoms with E-state index in [-0.39, 0.29) is 5.90 Å². The van der Waals surface area contributed by atoms with E-state index in [1.165, 1.54) is 0 Å². The number of ether oxygens (including phenoxy) is 3. The van der Waals surface area contributed by atoms with Gasteiger partial charge < -0.3 is 14.2 Å². The van der Waals surface area contributed by atoms with Crippen molar-refractivity contribution in [3.05, 3.63) is 65.7 Å². The van der Waals surface area contributed by atoms with E-state index in [1.807, 2.05) is 30.3 Å². The number of hydrogen-bond acceptors (Lipinski definition) is 7. The molecule has 7 nitrogen and oxygen atoms in total. The van der Waals surface area contributed by atoms with Gasteiger partial charge in [-0.3, -0.25) is 5.41 Å². The summed E-state index contributed by atoms with van der Waals surface area (Å²) in [4.78, 5) is 0. The molecule has 1 aliphatic carbocycles. The van der Waals surface area contributed by atoms with Crippen molar-refractivity contribution in [2.24, 2.45) is 22.7 Å². The Bertz CT molecular complexity index is 1280. The number of benzene rings is 2. The number of nitriles is 3. The molecule has 1 saturated carbocycles. The van der Waals surface area contributed by atoms with Gasteiger partial charge in [0.05, 0.1) is 24.1 Å². The Kier molecular flexibility index (Phi) is 5.95. The van der Waals surface area contributed by atoms with Crippen LogP contribution in [0.2, 0.25) is 0 Å². The quantitative estimate of drug-likeness (QED) is 0.557. The van der Waals surface area contributed by atoms with Gasteiger partial charge in [-0.15, -0.1) is 0 Å². The Balaban J connectivity index is 1.56. The monoisotopic (exact) mass is 480 g/mol. The zero-order valence-corrected chi connectivity index (χ0v) is 20.2. The third kappa shape index (κ3) is 3.29. The number of nitrogens with zero attached hydrogens (tertiary/aromatic N) is 3. The summed E-state index contributed by atoms with van der Waals surface area (Å²) >= 11 is 0. The molecule has 2 aromatic carbocycles. The van der Waals surface area contributed by atoms with Gasteiger partial charge in [0.25, 0.3) is 0 Å². The Morgan fingerprint density at radius 2 is 1.83 bits per heavy atom. The van der Waals surface area contributed by atoms with Gasteiger partial charge in [-0.2, -0.15) is 15.8 Å². The fraction of sp³-hybridized carbons (Fsp3) is 0.448. The molecule has 2 bridgehead atoms. The van der Waals surface area contributed by atoms with Gasteiger partial charge in [0, 0.05) is 6.42 Å². The maximum absolute atomic E-state index is 10.6. The molecule has 7 heteroatoms. The van der Waals surface area contributed by atoms with Crippen molar-refractivity contribution in [1.29, 1.82) is 21.2 Å². The summed E-state index contributed by atoms with van der Waals surface area (Å²) < 4.78 is 18.6. The van der Waals surface area contributed by atoms with Crippen LogP contribution < -0.4 is 4.74 Å². The smallest absolute Gasteiger partial charge is 0.217 e. The Morgan fingerprint density at radius 1 is 1.06 bits per heavy atom. The molecule has 1 N–H and O–H groups in total. The van der Waals surface area contributed by atoms with Crippen molar-refractivity contribution in [2.75, 3.05) is 0 Å². The lowest BCUT2D eigenvalue weighted by Crippen LogP contribution is -2.61. The number of rotatable bonds is 6. The topological polar surface area (TPSA) is 123 Å². The molecule has 0 aromatic heterocycles. The van der Waals surface area contributed by atoms with Gasteiger partial charge in [0.1, 0.15) is 18.5 Å². The first-order valence-electron chi connectivity index (χ1n) is 12.4. The van der Waals surface area contributed by atoms with Crippen molar-refractivity contribution >= 4 is 5.90 Å². The first-order chi connectivity index (χ1) is 17.5. The summed E-state index contributed by atoms with van der Waals surface area (Å²) in [6, 6.07) is 23.4. The maximum atomic E-state index is 10.6. The molecule has 3 fully saturated rings. The predicted octanol–water partition coefficient (Wildman–Crippen LogP) is 5.80. The van der Waals surface area contributed by atoms with E-state index < -0.39 is 28.6 Å². The van der Waals surface area contributed by atoms with Crippen molar-refractivity contribution in [3.8, 4) is 24.0 Å². The van der Waals surface area contributed by atoms with Gasteiger partial charge in [-0.1, -0.05) is 62.2 Å². The van der Waals surface area contributed by atoms with Crippen LogP contribution in [-0.2, 0) is 16.1 Å². The van der Waals surface area contributed by atoms with E-state index in [2.05, 4.69) is 25.1 Å². The number of nitrogens with one attached hydrogen (secondary N) is 1. The second kappa shape index (κ2) is 8.98.